The first-order valence-corrected chi connectivity index (χ1v) is 14.9. The summed E-state index contributed by atoms with van der Waals surface area (Å²) >= 11 is 1.36. The van der Waals surface area contributed by atoms with Gasteiger partial charge < -0.3 is 17.7 Å². The molecule has 2 aromatic carbocycles. The zero-order valence-electron chi connectivity index (χ0n) is 21.0. The number of carbonyl (C=O) groups is 1. The summed E-state index contributed by atoms with van der Waals surface area (Å²) in [7, 11) is -3.79. The molecule has 0 aliphatic heterocycles. The highest BCUT2D eigenvalue weighted by atomic mass is 35.5. The lowest BCUT2D eigenvalue weighted by Crippen LogP contribution is -3.00. The van der Waals surface area contributed by atoms with E-state index in [-0.39, 0.29) is 34.8 Å². The molecule has 0 saturated heterocycles. The summed E-state index contributed by atoms with van der Waals surface area (Å²) in [4.78, 5) is 16.8. The molecule has 1 fully saturated rings. The van der Waals surface area contributed by atoms with Crippen molar-refractivity contribution in [3.8, 4) is 11.4 Å². The van der Waals surface area contributed by atoms with Crippen LogP contribution in [0.2, 0.25) is 0 Å². The Kier molecular flexibility index (Phi) is 9.60. The minimum atomic E-state index is -3.79. The van der Waals surface area contributed by atoms with E-state index in [0.29, 0.717) is 11.7 Å². The van der Waals surface area contributed by atoms with Crippen molar-refractivity contribution in [2.45, 2.75) is 48.2 Å². The maximum absolute atomic E-state index is 12.7. The summed E-state index contributed by atoms with van der Waals surface area (Å²) in [5, 5.41) is 12.5. The van der Waals surface area contributed by atoms with Gasteiger partial charge in [-0.15, -0.1) is 10.2 Å². The van der Waals surface area contributed by atoms with E-state index in [4.69, 9.17) is 0 Å². The molecule has 0 radical (unpaired) electrons. The maximum Gasteiger partial charge on any atom is 0.263 e. The number of anilines is 2. The molecule has 1 saturated carbocycles. The van der Waals surface area contributed by atoms with E-state index < -0.39 is 10.0 Å². The van der Waals surface area contributed by atoms with Gasteiger partial charge in [-0.2, -0.15) is 0 Å². The van der Waals surface area contributed by atoms with Gasteiger partial charge in [-0.05, 0) is 49.2 Å². The Morgan fingerprint density at radius 3 is 2.33 bits per heavy atom. The van der Waals surface area contributed by atoms with Crippen LogP contribution in [0.1, 0.15) is 38.1 Å². The van der Waals surface area contributed by atoms with Gasteiger partial charge in [0.1, 0.15) is 5.82 Å². The van der Waals surface area contributed by atoms with Crippen LogP contribution in [0.5, 0.6) is 0 Å². The van der Waals surface area contributed by atoms with Crippen molar-refractivity contribution >= 4 is 39.2 Å². The highest BCUT2D eigenvalue weighted by molar-refractivity contribution is 7.99. The number of nitrogens with zero attached hydrogens (tertiary/aromatic N) is 4. The highest BCUT2D eigenvalue weighted by Gasteiger charge is 2.24. The van der Waals surface area contributed by atoms with Gasteiger partial charge in [0.25, 0.3) is 10.0 Å². The highest BCUT2D eigenvalue weighted by Crippen LogP contribution is 2.35. The quantitative estimate of drug-likeness (QED) is 0.290. The number of amides is 1. The standard InChI is InChI=1S/C27H28N6O3S2.ClH/c34-25(29-21-14-16-23(17-15-21)38(35,36)32-24-13-7-8-18-28-24)19-37-27-31-30-26(20-9-3-1-4-10-20)33(27)22-11-5-2-6-12-22;/h1,3-4,7-10,13-18,22H,2,5-6,11-12,19H2,(H,28,32)(H,29,34);1H/p-1. The Hall–Kier alpha value is -3.41. The van der Waals surface area contributed by atoms with Crippen molar-refractivity contribution in [1.29, 1.82) is 0 Å². The molecule has 0 spiro atoms. The fourth-order valence-corrected chi connectivity index (χ4v) is 6.31. The van der Waals surface area contributed by atoms with E-state index in [1.54, 1.807) is 30.3 Å². The van der Waals surface area contributed by atoms with Gasteiger partial charge in [-0.1, -0.05) is 67.4 Å². The largest absolute Gasteiger partial charge is 1.00 e. The van der Waals surface area contributed by atoms with E-state index in [1.807, 2.05) is 30.3 Å². The topological polar surface area (TPSA) is 119 Å². The number of hydrogen-bond donors (Lipinski definition) is 2. The smallest absolute Gasteiger partial charge is 0.263 e. The SMILES string of the molecule is O=C(CSc1nnc(-c2ccccc2)n1C1CCCCC1)Nc1ccc(S(=O)(=O)Nc2ccccn2)cc1.[Cl-]. The summed E-state index contributed by atoms with van der Waals surface area (Å²) in [5.41, 5.74) is 1.51. The average Bonchev–Trinajstić information content (AvgIpc) is 3.37. The van der Waals surface area contributed by atoms with Crippen LogP contribution >= 0.6 is 11.8 Å². The van der Waals surface area contributed by atoms with Crippen molar-refractivity contribution in [2.75, 3.05) is 15.8 Å². The number of halogens is 1. The third-order valence-electron chi connectivity index (χ3n) is 6.32. The van der Waals surface area contributed by atoms with Crippen molar-refractivity contribution in [3.63, 3.8) is 0 Å². The number of aromatic nitrogens is 4. The Balaban J connectivity index is 0.00000353. The summed E-state index contributed by atoms with van der Waals surface area (Å²) in [6.07, 6.45) is 7.23. The molecule has 12 heteroatoms. The van der Waals surface area contributed by atoms with Gasteiger partial charge in [0, 0.05) is 23.5 Å². The molecule has 9 nitrogen and oxygen atoms in total. The van der Waals surface area contributed by atoms with Crippen LogP contribution < -0.4 is 22.4 Å². The first kappa shape index (κ1) is 28.6. The fourth-order valence-electron chi connectivity index (χ4n) is 4.49. The Morgan fingerprint density at radius 2 is 1.64 bits per heavy atom. The first-order chi connectivity index (χ1) is 18.5. The lowest BCUT2D eigenvalue weighted by atomic mass is 9.95. The normalized spacial score (nSPS) is 13.8. The third kappa shape index (κ3) is 7.17. The van der Waals surface area contributed by atoms with E-state index in [2.05, 4.69) is 29.8 Å². The number of benzene rings is 2. The first-order valence-electron chi connectivity index (χ1n) is 12.5. The van der Waals surface area contributed by atoms with Crippen molar-refractivity contribution < 1.29 is 25.6 Å². The zero-order valence-corrected chi connectivity index (χ0v) is 23.4. The molecule has 2 N–H and O–H groups in total. The summed E-state index contributed by atoms with van der Waals surface area (Å²) in [5.74, 6) is 1.01. The van der Waals surface area contributed by atoms with E-state index in [1.165, 1.54) is 49.4 Å². The van der Waals surface area contributed by atoms with E-state index >= 15 is 0 Å². The number of rotatable bonds is 9. The van der Waals surface area contributed by atoms with Gasteiger partial charge in [0.05, 0.1) is 10.6 Å². The van der Waals surface area contributed by atoms with Crippen LogP contribution in [0, 0.1) is 0 Å². The predicted molar refractivity (Wildman–Crippen MR) is 148 cm³/mol. The molecule has 5 rings (SSSR count). The molecule has 0 bridgehead atoms. The lowest BCUT2D eigenvalue weighted by molar-refractivity contribution is -0.113. The van der Waals surface area contributed by atoms with Gasteiger partial charge in [0.2, 0.25) is 5.91 Å². The Morgan fingerprint density at radius 1 is 0.923 bits per heavy atom. The number of carbonyl (C=O) groups excluding carboxylic acids is 1. The molecule has 204 valence electrons. The monoisotopic (exact) mass is 583 g/mol. The number of thioether (sulfide) groups is 1. The van der Waals surface area contributed by atoms with Crippen LogP contribution in [0.15, 0.2) is 89.0 Å². The lowest BCUT2D eigenvalue weighted by Gasteiger charge is -2.25. The molecular formula is C27H28ClN6O3S2-. The van der Waals surface area contributed by atoms with Crippen LogP contribution in [0.4, 0.5) is 11.5 Å². The molecule has 0 atom stereocenters. The Bertz CT molecular complexity index is 1480. The minimum Gasteiger partial charge on any atom is -1.00 e. The van der Waals surface area contributed by atoms with Crippen molar-refractivity contribution in [2.24, 2.45) is 0 Å². The third-order valence-corrected chi connectivity index (χ3v) is 8.63. The fraction of sp³-hybridized carbons (Fsp3) is 0.259. The van der Waals surface area contributed by atoms with Crippen LogP contribution in [-0.4, -0.2) is 39.8 Å². The molecule has 2 aromatic heterocycles. The number of pyridine rings is 1. The minimum absolute atomic E-state index is 0. The second kappa shape index (κ2) is 13.1. The van der Waals surface area contributed by atoms with Crippen LogP contribution in [0.25, 0.3) is 11.4 Å². The number of hydrogen-bond acceptors (Lipinski definition) is 7. The van der Waals surface area contributed by atoms with Crippen molar-refractivity contribution in [1.82, 2.24) is 19.7 Å². The molecule has 39 heavy (non-hydrogen) atoms. The van der Waals surface area contributed by atoms with E-state index in [9.17, 15) is 13.2 Å². The maximum atomic E-state index is 12.7. The zero-order chi connectivity index (χ0) is 26.4. The molecule has 0 unspecified atom stereocenters. The molecule has 1 aliphatic carbocycles. The molecule has 1 amide bonds. The number of sulfonamides is 1. The second-order valence-electron chi connectivity index (χ2n) is 9.02. The number of nitrogens with one attached hydrogen (secondary N) is 2. The summed E-state index contributed by atoms with van der Waals surface area (Å²) < 4.78 is 29.8. The second-order valence-corrected chi connectivity index (χ2v) is 11.6. The molecular weight excluding hydrogens is 556 g/mol. The molecule has 1 aliphatic rings. The summed E-state index contributed by atoms with van der Waals surface area (Å²) in [6.45, 7) is 0. The van der Waals surface area contributed by atoms with Gasteiger partial charge in [-0.25, -0.2) is 13.4 Å². The van der Waals surface area contributed by atoms with Gasteiger partial charge in [-0.3, -0.25) is 14.1 Å². The summed E-state index contributed by atoms with van der Waals surface area (Å²) in [6, 6.07) is 21.3. The average molecular weight is 584 g/mol. The predicted octanol–water partition coefficient (Wildman–Crippen LogP) is 2.38. The Labute approximate surface area is 238 Å². The van der Waals surface area contributed by atoms with Crippen LogP contribution in [-0.2, 0) is 14.8 Å². The van der Waals surface area contributed by atoms with E-state index in [0.717, 1.165) is 29.4 Å². The molecule has 2 heterocycles. The molecule has 4 aromatic rings. The van der Waals surface area contributed by atoms with Crippen LogP contribution in [0.3, 0.4) is 0 Å². The van der Waals surface area contributed by atoms with Gasteiger partial charge >= 0.3 is 0 Å². The van der Waals surface area contributed by atoms with Gasteiger partial charge in [0.15, 0.2) is 11.0 Å². The van der Waals surface area contributed by atoms with Crippen molar-refractivity contribution in [3.05, 3.63) is 79.0 Å².